The van der Waals surface area contributed by atoms with Gasteiger partial charge in [0.15, 0.2) is 0 Å². The minimum absolute atomic E-state index is 0.0434. The highest BCUT2D eigenvalue weighted by molar-refractivity contribution is 6.22. The first-order valence-electron chi connectivity index (χ1n) is 5.24. The lowest BCUT2D eigenvalue weighted by Crippen LogP contribution is -2.24. The topological polar surface area (TPSA) is 29.5 Å². The molecule has 1 aliphatic rings. The Bertz CT molecular complexity index is 394. The van der Waals surface area contributed by atoms with Crippen molar-refractivity contribution in [3.05, 3.63) is 29.8 Å². The van der Waals surface area contributed by atoms with E-state index in [9.17, 15) is 4.79 Å². The zero-order valence-electron chi connectivity index (χ0n) is 9.15. The molecule has 1 aromatic rings. The summed E-state index contributed by atoms with van der Waals surface area (Å²) >= 11 is 5.94. The number of halogens is 1. The molecule has 2 rings (SSSR count). The number of alkyl halides is 1. The maximum absolute atomic E-state index is 11.6. The summed E-state index contributed by atoms with van der Waals surface area (Å²) < 4.78 is 5.14. The third kappa shape index (κ3) is 2.47. The number of rotatable bonds is 3. The summed E-state index contributed by atoms with van der Waals surface area (Å²) in [5.41, 5.74) is 1.07. The Morgan fingerprint density at radius 3 is 3.00 bits per heavy atom. The van der Waals surface area contributed by atoms with Crippen LogP contribution in [0.2, 0.25) is 0 Å². The van der Waals surface area contributed by atoms with Crippen LogP contribution in [-0.2, 0) is 11.3 Å². The summed E-state index contributed by atoms with van der Waals surface area (Å²) in [4.78, 5) is 13.3. The highest BCUT2D eigenvalue weighted by atomic mass is 35.5. The van der Waals surface area contributed by atoms with Crippen LogP contribution < -0.4 is 4.74 Å². The summed E-state index contributed by atoms with van der Waals surface area (Å²) in [6.07, 6.45) is 0.450. The first kappa shape index (κ1) is 11.3. The van der Waals surface area contributed by atoms with Crippen LogP contribution in [0, 0.1) is 0 Å². The molecule has 0 aliphatic carbocycles. The molecular weight excluding hydrogens is 226 g/mol. The molecule has 1 unspecified atom stereocenters. The van der Waals surface area contributed by atoms with Crippen LogP contribution in [0.1, 0.15) is 12.0 Å². The van der Waals surface area contributed by atoms with Crippen molar-refractivity contribution in [3.63, 3.8) is 0 Å². The molecule has 0 aromatic heterocycles. The van der Waals surface area contributed by atoms with Gasteiger partial charge < -0.3 is 9.64 Å². The molecule has 1 heterocycles. The van der Waals surface area contributed by atoms with Crippen LogP contribution >= 0.6 is 11.6 Å². The lowest BCUT2D eigenvalue weighted by Gasteiger charge is -2.16. The smallest absolute Gasteiger partial charge is 0.224 e. The molecule has 1 aliphatic heterocycles. The normalized spacial score (nSPS) is 20.2. The second-order valence-electron chi connectivity index (χ2n) is 3.93. The number of hydrogen-bond donors (Lipinski definition) is 0. The highest BCUT2D eigenvalue weighted by Crippen LogP contribution is 2.20. The molecule has 1 aromatic carbocycles. The molecule has 1 fully saturated rings. The Kier molecular flexibility index (Phi) is 3.34. The lowest BCUT2D eigenvalue weighted by molar-refractivity contribution is -0.128. The molecule has 4 heteroatoms. The average molecular weight is 240 g/mol. The molecular formula is C12H14ClNO2. The van der Waals surface area contributed by atoms with Crippen molar-refractivity contribution < 1.29 is 9.53 Å². The molecule has 16 heavy (non-hydrogen) atoms. The van der Waals surface area contributed by atoms with Gasteiger partial charge in [-0.15, -0.1) is 11.6 Å². The van der Waals surface area contributed by atoms with Crippen LogP contribution in [0.15, 0.2) is 24.3 Å². The Morgan fingerprint density at radius 2 is 2.38 bits per heavy atom. The largest absolute Gasteiger partial charge is 0.497 e. The van der Waals surface area contributed by atoms with E-state index in [1.54, 1.807) is 12.0 Å². The van der Waals surface area contributed by atoms with Gasteiger partial charge in [-0.3, -0.25) is 4.79 Å². The molecule has 86 valence electrons. The van der Waals surface area contributed by atoms with Crippen molar-refractivity contribution >= 4 is 17.5 Å². The number of benzene rings is 1. The molecule has 0 bridgehead atoms. The van der Waals surface area contributed by atoms with Crippen LogP contribution in [0.3, 0.4) is 0 Å². The summed E-state index contributed by atoms with van der Waals surface area (Å²) in [6.45, 7) is 1.25. The van der Waals surface area contributed by atoms with E-state index >= 15 is 0 Å². The number of ether oxygens (including phenoxy) is 1. The first-order valence-corrected chi connectivity index (χ1v) is 5.67. The number of amides is 1. The molecule has 0 radical (unpaired) electrons. The number of likely N-dealkylation sites (tertiary alicyclic amines) is 1. The predicted octanol–water partition coefficient (Wildman–Crippen LogP) is 2.03. The van der Waals surface area contributed by atoms with Crippen LogP contribution in [0.25, 0.3) is 0 Å². The summed E-state index contributed by atoms with van der Waals surface area (Å²) in [7, 11) is 1.63. The van der Waals surface area contributed by atoms with Crippen molar-refractivity contribution in [1.82, 2.24) is 4.90 Å². The van der Waals surface area contributed by atoms with E-state index in [1.807, 2.05) is 24.3 Å². The van der Waals surface area contributed by atoms with Gasteiger partial charge in [0.25, 0.3) is 0 Å². The van der Waals surface area contributed by atoms with E-state index in [1.165, 1.54) is 0 Å². The van der Waals surface area contributed by atoms with Crippen molar-refractivity contribution in [3.8, 4) is 5.75 Å². The molecule has 3 nitrogen and oxygen atoms in total. The number of carbonyl (C=O) groups is 1. The maximum Gasteiger partial charge on any atom is 0.224 e. The van der Waals surface area contributed by atoms with Gasteiger partial charge in [0.05, 0.1) is 12.5 Å². The minimum Gasteiger partial charge on any atom is -0.497 e. The number of nitrogens with zero attached hydrogens (tertiary/aromatic N) is 1. The van der Waals surface area contributed by atoms with Crippen molar-refractivity contribution in [2.75, 3.05) is 13.7 Å². The fourth-order valence-corrected chi connectivity index (χ4v) is 2.17. The summed E-state index contributed by atoms with van der Waals surface area (Å²) in [5, 5.41) is -0.0434. The second kappa shape index (κ2) is 4.74. The van der Waals surface area contributed by atoms with Gasteiger partial charge in [-0.2, -0.15) is 0 Å². The highest BCUT2D eigenvalue weighted by Gasteiger charge is 2.27. The average Bonchev–Trinajstić information content (AvgIpc) is 2.58. The monoisotopic (exact) mass is 239 g/mol. The van der Waals surface area contributed by atoms with E-state index in [0.717, 1.165) is 11.3 Å². The third-order valence-corrected chi connectivity index (χ3v) is 2.97. The summed E-state index contributed by atoms with van der Waals surface area (Å²) in [6, 6.07) is 7.73. The number of carbonyl (C=O) groups excluding carboxylic acids is 1. The molecule has 0 N–H and O–H groups in total. The minimum atomic E-state index is -0.0434. The van der Waals surface area contributed by atoms with Gasteiger partial charge in [-0.05, 0) is 17.7 Å². The number of methoxy groups -OCH3 is 1. The van der Waals surface area contributed by atoms with E-state index in [2.05, 4.69) is 0 Å². The van der Waals surface area contributed by atoms with Gasteiger partial charge in [0, 0.05) is 19.5 Å². The fraction of sp³-hybridized carbons (Fsp3) is 0.417. The van der Waals surface area contributed by atoms with Gasteiger partial charge in [0.2, 0.25) is 5.91 Å². The molecule has 0 spiro atoms. The van der Waals surface area contributed by atoms with E-state index in [4.69, 9.17) is 16.3 Å². The van der Waals surface area contributed by atoms with Gasteiger partial charge in [0.1, 0.15) is 5.75 Å². The molecule has 1 amide bonds. The van der Waals surface area contributed by atoms with Crippen molar-refractivity contribution in [2.45, 2.75) is 18.3 Å². The lowest BCUT2D eigenvalue weighted by atomic mass is 10.2. The fourth-order valence-electron chi connectivity index (χ4n) is 1.87. The Balaban J connectivity index is 2.06. The first-order chi connectivity index (χ1) is 7.69. The van der Waals surface area contributed by atoms with Crippen LogP contribution in [-0.4, -0.2) is 29.8 Å². The Morgan fingerprint density at radius 1 is 1.56 bits per heavy atom. The van der Waals surface area contributed by atoms with Gasteiger partial charge in [-0.1, -0.05) is 12.1 Å². The van der Waals surface area contributed by atoms with Gasteiger partial charge in [-0.25, -0.2) is 0 Å². The van der Waals surface area contributed by atoms with E-state index in [0.29, 0.717) is 19.5 Å². The Hall–Kier alpha value is -1.22. The SMILES string of the molecule is COc1cccc(CN2CC(Cl)CC2=O)c1. The molecule has 0 saturated carbocycles. The Labute approximate surface area is 100.0 Å². The second-order valence-corrected chi connectivity index (χ2v) is 4.54. The van der Waals surface area contributed by atoms with Crippen molar-refractivity contribution in [2.24, 2.45) is 0 Å². The third-order valence-electron chi connectivity index (χ3n) is 2.67. The molecule has 1 saturated heterocycles. The van der Waals surface area contributed by atoms with Gasteiger partial charge >= 0.3 is 0 Å². The van der Waals surface area contributed by atoms with E-state index in [-0.39, 0.29) is 11.3 Å². The number of hydrogen-bond acceptors (Lipinski definition) is 2. The zero-order chi connectivity index (χ0) is 11.5. The maximum atomic E-state index is 11.6. The quantitative estimate of drug-likeness (QED) is 0.756. The summed E-state index contributed by atoms with van der Waals surface area (Å²) in [5.74, 6) is 0.939. The zero-order valence-corrected chi connectivity index (χ0v) is 9.91. The van der Waals surface area contributed by atoms with Crippen molar-refractivity contribution in [1.29, 1.82) is 0 Å². The van der Waals surface area contributed by atoms with E-state index < -0.39 is 0 Å². The molecule has 1 atom stereocenters. The van der Waals surface area contributed by atoms with Crippen LogP contribution in [0.4, 0.5) is 0 Å². The van der Waals surface area contributed by atoms with Crippen LogP contribution in [0.5, 0.6) is 5.75 Å². The standard InChI is InChI=1S/C12H14ClNO2/c1-16-11-4-2-3-9(5-11)7-14-8-10(13)6-12(14)15/h2-5,10H,6-8H2,1H3. The predicted molar refractivity (Wildman–Crippen MR) is 62.7 cm³/mol.